The third kappa shape index (κ3) is 6.76. The Morgan fingerprint density at radius 2 is 1.90 bits per heavy atom. The third-order valence-corrected chi connectivity index (χ3v) is 7.33. The Bertz CT molecular complexity index is 931. The molecule has 1 aliphatic rings. The van der Waals surface area contributed by atoms with E-state index in [9.17, 15) is 9.59 Å². The van der Waals surface area contributed by atoms with Gasteiger partial charge in [0.15, 0.2) is 0 Å². The second-order valence-corrected chi connectivity index (χ2v) is 10.2. The summed E-state index contributed by atoms with van der Waals surface area (Å²) in [4.78, 5) is 24.9. The summed E-state index contributed by atoms with van der Waals surface area (Å²) in [7, 11) is 0. The van der Waals surface area contributed by atoms with E-state index in [1.807, 2.05) is 37.7 Å². The molecule has 0 radical (unpaired) electrons. The molecule has 4 nitrogen and oxygen atoms in total. The number of thioether (sulfide) groups is 1. The van der Waals surface area contributed by atoms with E-state index in [-0.39, 0.29) is 16.9 Å². The molecule has 1 saturated carbocycles. The molecule has 31 heavy (non-hydrogen) atoms. The highest BCUT2D eigenvalue weighted by molar-refractivity contribution is 7.99. The lowest BCUT2D eigenvalue weighted by molar-refractivity contribution is -0.147. The summed E-state index contributed by atoms with van der Waals surface area (Å²) >= 11 is 8.26. The standard InChI is InChI=1S/C25H33ClO4S/c1-17(2)24(27)29-14-8-3-4-9-15-31-19-12-13-21-20(16-19)22(23(26)25(28)30-21)18-10-6-5-7-11-18/h12-13,16-18H,3-11,14-15H2,1-2H3. The first-order valence-corrected chi connectivity index (χ1v) is 12.9. The Labute approximate surface area is 194 Å². The summed E-state index contributed by atoms with van der Waals surface area (Å²) < 4.78 is 10.7. The van der Waals surface area contributed by atoms with Gasteiger partial charge >= 0.3 is 11.6 Å². The minimum Gasteiger partial charge on any atom is -0.465 e. The SMILES string of the molecule is CC(C)C(=O)OCCCCCCSc1ccc2oc(=O)c(Cl)c(C3CCCCC3)c2c1. The first-order valence-electron chi connectivity index (χ1n) is 11.5. The Morgan fingerprint density at radius 1 is 1.16 bits per heavy atom. The van der Waals surface area contributed by atoms with Crippen molar-refractivity contribution in [3.63, 3.8) is 0 Å². The molecule has 0 saturated heterocycles. The van der Waals surface area contributed by atoms with E-state index in [1.54, 1.807) is 0 Å². The molecule has 3 rings (SSSR count). The molecule has 0 bridgehead atoms. The average molecular weight is 465 g/mol. The van der Waals surface area contributed by atoms with E-state index < -0.39 is 5.63 Å². The number of esters is 1. The number of fused-ring (bicyclic) bond motifs is 1. The van der Waals surface area contributed by atoms with Crippen LogP contribution in [0.2, 0.25) is 5.02 Å². The van der Waals surface area contributed by atoms with Crippen molar-refractivity contribution in [1.82, 2.24) is 0 Å². The highest BCUT2D eigenvalue weighted by atomic mass is 35.5. The molecule has 0 spiro atoms. The molecule has 0 atom stereocenters. The Hall–Kier alpha value is -1.46. The van der Waals surface area contributed by atoms with E-state index >= 15 is 0 Å². The van der Waals surface area contributed by atoms with Crippen molar-refractivity contribution in [2.24, 2.45) is 5.92 Å². The Kier molecular flexibility index (Phi) is 9.33. The van der Waals surface area contributed by atoms with Gasteiger partial charge in [0.05, 0.1) is 12.5 Å². The van der Waals surface area contributed by atoms with Crippen molar-refractivity contribution in [2.45, 2.75) is 82.4 Å². The van der Waals surface area contributed by atoms with Gasteiger partial charge in [-0.1, -0.05) is 57.6 Å². The molecule has 1 aromatic heterocycles. The largest absolute Gasteiger partial charge is 0.465 e. The fraction of sp³-hybridized carbons (Fsp3) is 0.600. The van der Waals surface area contributed by atoms with Gasteiger partial charge < -0.3 is 9.15 Å². The zero-order chi connectivity index (χ0) is 22.2. The van der Waals surface area contributed by atoms with Gasteiger partial charge in [-0.15, -0.1) is 11.8 Å². The van der Waals surface area contributed by atoms with Crippen molar-refractivity contribution < 1.29 is 13.9 Å². The first kappa shape index (κ1) is 24.2. The number of hydrogen-bond acceptors (Lipinski definition) is 5. The quantitative estimate of drug-likeness (QED) is 0.159. The van der Waals surface area contributed by atoms with Gasteiger partial charge in [0, 0.05) is 10.3 Å². The van der Waals surface area contributed by atoms with Gasteiger partial charge in [-0.25, -0.2) is 4.79 Å². The van der Waals surface area contributed by atoms with E-state index in [0.29, 0.717) is 18.1 Å². The van der Waals surface area contributed by atoms with Crippen LogP contribution in [-0.4, -0.2) is 18.3 Å². The fourth-order valence-corrected chi connectivity index (χ4v) is 5.39. The van der Waals surface area contributed by atoms with Crippen LogP contribution in [0.5, 0.6) is 0 Å². The lowest BCUT2D eigenvalue weighted by Crippen LogP contribution is -2.12. The van der Waals surface area contributed by atoms with E-state index in [4.69, 9.17) is 20.8 Å². The maximum Gasteiger partial charge on any atom is 0.355 e. The van der Waals surface area contributed by atoms with Gasteiger partial charge in [-0.3, -0.25) is 4.79 Å². The predicted octanol–water partition coefficient (Wildman–Crippen LogP) is 7.35. The molecule has 0 N–H and O–H groups in total. The molecule has 1 aromatic carbocycles. The summed E-state index contributed by atoms with van der Waals surface area (Å²) in [6.45, 7) is 4.23. The number of halogens is 1. The summed E-state index contributed by atoms with van der Waals surface area (Å²) in [6.07, 6.45) is 10.0. The minimum atomic E-state index is -0.422. The first-order chi connectivity index (χ1) is 15.0. The number of carbonyl (C=O) groups is 1. The van der Waals surface area contributed by atoms with Crippen LogP contribution >= 0.6 is 23.4 Å². The Morgan fingerprint density at radius 3 is 2.65 bits per heavy atom. The zero-order valence-corrected chi connectivity index (χ0v) is 20.2. The van der Waals surface area contributed by atoms with E-state index in [2.05, 4.69) is 6.07 Å². The monoisotopic (exact) mass is 464 g/mol. The number of rotatable bonds is 10. The topological polar surface area (TPSA) is 56.5 Å². The normalized spacial score (nSPS) is 15.0. The number of ether oxygens (including phenoxy) is 1. The second-order valence-electron chi connectivity index (χ2n) is 8.69. The lowest BCUT2D eigenvalue weighted by Gasteiger charge is -2.23. The number of carbonyl (C=O) groups excluding carboxylic acids is 1. The van der Waals surface area contributed by atoms with Crippen LogP contribution in [0.4, 0.5) is 0 Å². The van der Waals surface area contributed by atoms with Crippen LogP contribution in [-0.2, 0) is 9.53 Å². The van der Waals surface area contributed by atoms with Crippen LogP contribution in [0.3, 0.4) is 0 Å². The summed E-state index contributed by atoms with van der Waals surface area (Å²) in [5.41, 5.74) is 1.20. The summed E-state index contributed by atoms with van der Waals surface area (Å²) in [6, 6.07) is 6.08. The van der Waals surface area contributed by atoms with E-state index in [1.165, 1.54) is 24.2 Å². The number of unbranched alkanes of at least 4 members (excludes halogenated alkanes) is 3. The average Bonchev–Trinajstić information content (AvgIpc) is 2.77. The van der Waals surface area contributed by atoms with Crippen LogP contribution in [0.1, 0.15) is 83.1 Å². The van der Waals surface area contributed by atoms with E-state index in [0.717, 1.165) is 55.2 Å². The summed E-state index contributed by atoms with van der Waals surface area (Å²) in [5, 5.41) is 1.26. The fourth-order valence-electron chi connectivity index (χ4n) is 4.15. The molecular formula is C25H33ClO4S. The maximum absolute atomic E-state index is 12.2. The predicted molar refractivity (Wildman–Crippen MR) is 128 cm³/mol. The van der Waals surface area contributed by atoms with Gasteiger partial charge in [-0.2, -0.15) is 0 Å². The number of hydrogen-bond donors (Lipinski definition) is 0. The minimum absolute atomic E-state index is 0.0557. The molecule has 1 fully saturated rings. The molecule has 0 aliphatic heterocycles. The molecule has 0 unspecified atom stereocenters. The number of benzene rings is 1. The zero-order valence-electron chi connectivity index (χ0n) is 18.6. The van der Waals surface area contributed by atoms with Crippen molar-refractivity contribution in [2.75, 3.05) is 12.4 Å². The van der Waals surface area contributed by atoms with Crippen molar-refractivity contribution in [1.29, 1.82) is 0 Å². The molecule has 170 valence electrons. The van der Waals surface area contributed by atoms with Gasteiger partial charge in [0.25, 0.3) is 0 Å². The summed E-state index contributed by atoms with van der Waals surface area (Å²) in [5.74, 6) is 1.20. The highest BCUT2D eigenvalue weighted by Crippen LogP contribution is 2.40. The lowest BCUT2D eigenvalue weighted by atomic mass is 9.83. The highest BCUT2D eigenvalue weighted by Gasteiger charge is 2.23. The molecule has 6 heteroatoms. The van der Waals surface area contributed by atoms with Crippen molar-refractivity contribution in [3.05, 3.63) is 39.2 Å². The van der Waals surface area contributed by atoms with Crippen molar-refractivity contribution in [3.8, 4) is 0 Å². The van der Waals surface area contributed by atoms with Crippen LogP contribution < -0.4 is 5.63 Å². The molecule has 1 aliphatic carbocycles. The Balaban J connectivity index is 1.54. The smallest absolute Gasteiger partial charge is 0.355 e. The van der Waals surface area contributed by atoms with Crippen LogP contribution in [0.15, 0.2) is 32.3 Å². The molecule has 1 heterocycles. The molecule has 2 aromatic rings. The maximum atomic E-state index is 12.2. The third-order valence-electron chi connectivity index (χ3n) is 5.90. The van der Waals surface area contributed by atoms with Crippen LogP contribution in [0.25, 0.3) is 11.0 Å². The molecule has 0 amide bonds. The van der Waals surface area contributed by atoms with Gasteiger partial charge in [-0.05, 0) is 61.1 Å². The van der Waals surface area contributed by atoms with Crippen molar-refractivity contribution >= 4 is 40.3 Å². The molecular weight excluding hydrogens is 432 g/mol. The van der Waals surface area contributed by atoms with Gasteiger partial charge in [0.2, 0.25) is 0 Å². The van der Waals surface area contributed by atoms with Gasteiger partial charge in [0.1, 0.15) is 10.6 Å². The van der Waals surface area contributed by atoms with Crippen LogP contribution in [0, 0.1) is 5.92 Å². The second kappa shape index (κ2) is 12.0.